The van der Waals surface area contributed by atoms with E-state index in [-0.39, 0.29) is 33.4 Å². The predicted octanol–water partition coefficient (Wildman–Crippen LogP) is 4.25. The summed E-state index contributed by atoms with van der Waals surface area (Å²) in [4.78, 5) is 26.6. The zero-order valence-electron chi connectivity index (χ0n) is 16.5. The molecule has 0 spiro atoms. The van der Waals surface area contributed by atoms with Gasteiger partial charge in [-0.05, 0) is 54.8 Å². The zero-order chi connectivity index (χ0) is 20.8. The molecule has 156 valence electrons. The van der Waals surface area contributed by atoms with Crippen LogP contribution in [-0.2, 0) is 0 Å². The third kappa shape index (κ3) is 6.14. The van der Waals surface area contributed by atoms with Gasteiger partial charge < -0.3 is 15.0 Å². The third-order valence-corrected chi connectivity index (χ3v) is 5.97. The molecule has 3 rings (SSSR count). The highest BCUT2D eigenvalue weighted by Gasteiger charge is 2.31. The van der Waals surface area contributed by atoms with Gasteiger partial charge in [0.1, 0.15) is 5.75 Å². The summed E-state index contributed by atoms with van der Waals surface area (Å²) in [5.74, 6) is 1.01. The second kappa shape index (κ2) is 10.0. The Labute approximate surface area is 179 Å². The van der Waals surface area contributed by atoms with Gasteiger partial charge in [0, 0.05) is 19.1 Å². The molecule has 1 aliphatic heterocycles. The Morgan fingerprint density at radius 2 is 1.93 bits per heavy atom. The van der Waals surface area contributed by atoms with Gasteiger partial charge in [0.25, 0.3) is 5.91 Å². The van der Waals surface area contributed by atoms with Crippen LogP contribution in [0.2, 0.25) is 4.47 Å². The van der Waals surface area contributed by atoms with Gasteiger partial charge in [-0.25, -0.2) is 4.79 Å². The number of likely N-dealkylation sites (tertiary alicyclic amines) is 1. The molecule has 2 amide bonds. The van der Waals surface area contributed by atoms with Crippen LogP contribution in [-0.4, -0.2) is 46.2 Å². The molecule has 1 aromatic heterocycles. The van der Waals surface area contributed by atoms with Crippen molar-refractivity contribution in [2.75, 3.05) is 13.1 Å². The number of benzene rings is 1. The standard InChI is InChI=1S/C20H25ClN4O3S/c1-13(2)12-16(22-17(26)18-23-24-19(21)29-18)14-8-10-25(11-9-14)20(27)28-15-6-4-3-5-7-15/h3-7,13-14,16H,8-12H2,1-2H3,(H,22,26). The molecular weight excluding hydrogens is 412 g/mol. The number of hydrogen-bond donors (Lipinski definition) is 1. The molecule has 0 bridgehead atoms. The molecular formula is C20H25ClN4O3S. The van der Waals surface area contributed by atoms with E-state index in [1.54, 1.807) is 17.0 Å². The van der Waals surface area contributed by atoms with E-state index in [0.717, 1.165) is 30.6 Å². The van der Waals surface area contributed by atoms with Crippen LogP contribution >= 0.6 is 22.9 Å². The number of para-hydroxylation sites is 1. The fraction of sp³-hybridized carbons (Fsp3) is 0.500. The van der Waals surface area contributed by atoms with Gasteiger partial charge in [-0.3, -0.25) is 4.79 Å². The first kappa shape index (κ1) is 21.5. The SMILES string of the molecule is CC(C)CC(NC(=O)c1nnc(Cl)s1)C1CCN(C(=O)Oc2ccccc2)CC1. The molecule has 2 heterocycles. The summed E-state index contributed by atoms with van der Waals surface area (Å²) in [6.45, 7) is 5.47. The zero-order valence-corrected chi connectivity index (χ0v) is 18.1. The van der Waals surface area contributed by atoms with E-state index in [1.807, 2.05) is 18.2 Å². The summed E-state index contributed by atoms with van der Waals surface area (Å²) < 4.78 is 5.68. The van der Waals surface area contributed by atoms with Crippen molar-refractivity contribution in [2.24, 2.45) is 11.8 Å². The quantitative estimate of drug-likeness (QED) is 0.731. The highest BCUT2D eigenvalue weighted by molar-refractivity contribution is 7.17. The van der Waals surface area contributed by atoms with Gasteiger partial charge in [0.15, 0.2) is 0 Å². The van der Waals surface area contributed by atoms with E-state index in [0.29, 0.717) is 24.8 Å². The topological polar surface area (TPSA) is 84.4 Å². The van der Waals surface area contributed by atoms with Crippen molar-refractivity contribution in [3.8, 4) is 5.75 Å². The first-order chi connectivity index (χ1) is 13.9. The molecule has 1 saturated heterocycles. The number of carbonyl (C=O) groups is 2. The number of nitrogens with zero attached hydrogens (tertiary/aromatic N) is 3. The summed E-state index contributed by atoms with van der Waals surface area (Å²) in [6.07, 6.45) is 2.14. The number of piperidine rings is 1. The summed E-state index contributed by atoms with van der Waals surface area (Å²) in [5.41, 5.74) is 0. The van der Waals surface area contributed by atoms with Gasteiger partial charge in [0.2, 0.25) is 9.47 Å². The molecule has 1 aromatic carbocycles. The van der Waals surface area contributed by atoms with Gasteiger partial charge in [-0.15, -0.1) is 10.2 Å². The second-order valence-corrected chi connectivity index (χ2v) is 9.13. The molecule has 0 radical (unpaired) electrons. The fourth-order valence-electron chi connectivity index (χ4n) is 3.54. The van der Waals surface area contributed by atoms with Gasteiger partial charge in [0.05, 0.1) is 0 Å². The van der Waals surface area contributed by atoms with Crippen molar-refractivity contribution < 1.29 is 14.3 Å². The van der Waals surface area contributed by atoms with Crippen LogP contribution in [0, 0.1) is 11.8 Å². The van der Waals surface area contributed by atoms with Crippen molar-refractivity contribution >= 4 is 34.9 Å². The third-order valence-electron chi connectivity index (χ3n) is 4.95. The lowest BCUT2D eigenvalue weighted by atomic mass is 9.85. The second-order valence-electron chi connectivity index (χ2n) is 7.58. The molecule has 7 nitrogen and oxygen atoms in total. The van der Waals surface area contributed by atoms with Gasteiger partial charge in [-0.1, -0.05) is 43.4 Å². The number of carbonyl (C=O) groups excluding carboxylic acids is 2. The number of aromatic nitrogens is 2. The molecule has 29 heavy (non-hydrogen) atoms. The minimum Gasteiger partial charge on any atom is -0.410 e. The van der Waals surface area contributed by atoms with Crippen molar-refractivity contribution in [1.29, 1.82) is 0 Å². The van der Waals surface area contributed by atoms with Crippen LogP contribution in [0.4, 0.5) is 4.79 Å². The lowest BCUT2D eigenvalue weighted by Gasteiger charge is -2.36. The van der Waals surface area contributed by atoms with Gasteiger partial charge in [-0.2, -0.15) is 0 Å². The number of hydrogen-bond acceptors (Lipinski definition) is 6. The van der Waals surface area contributed by atoms with Crippen molar-refractivity contribution in [1.82, 2.24) is 20.4 Å². The minimum atomic E-state index is -0.331. The van der Waals surface area contributed by atoms with E-state index in [2.05, 4.69) is 29.4 Å². The normalized spacial score (nSPS) is 15.9. The van der Waals surface area contributed by atoms with Crippen molar-refractivity contribution in [2.45, 2.75) is 39.2 Å². The molecule has 1 unspecified atom stereocenters. The average molecular weight is 437 g/mol. The summed E-state index contributed by atoms with van der Waals surface area (Å²) in [7, 11) is 0. The Hall–Kier alpha value is -2.19. The van der Waals surface area contributed by atoms with Crippen LogP contribution < -0.4 is 10.1 Å². The first-order valence-electron chi connectivity index (χ1n) is 9.74. The van der Waals surface area contributed by atoms with Crippen LogP contribution in [0.3, 0.4) is 0 Å². The number of rotatable bonds is 6. The highest BCUT2D eigenvalue weighted by atomic mass is 35.5. The molecule has 9 heteroatoms. The molecule has 1 fully saturated rings. The van der Waals surface area contributed by atoms with E-state index in [1.165, 1.54) is 0 Å². The lowest BCUT2D eigenvalue weighted by molar-refractivity contribution is 0.0870. The predicted molar refractivity (Wildman–Crippen MR) is 112 cm³/mol. The Kier molecular flexibility index (Phi) is 7.44. The van der Waals surface area contributed by atoms with Crippen LogP contribution in [0.25, 0.3) is 0 Å². The summed E-state index contributed by atoms with van der Waals surface area (Å²) in [6, 6.07) is 9.08. The number of nitrogens with one attached hydrogen (secondary N) is 1. The Morgan fingerprint density at radius 3 is 2.52 bits per heavy atom. The smallest absolute Gasteiger partial charge is 0.410 e. The summed E-state index contributed by atoms with van der Waals surface area (Å²) >= 11 is 6.86. The minimum absolute atomic E-state index is 0.0115. The largest absolute Gasteiger partial charge is 0.415 e. The van der Waals surface area contributed by atoms with Crippen molar-refractivity contribution in [3.63, 3.8) is 0 Å². The van der Waals surface area contributed by atoms with Crippen LogP contribution in [0.15, 0.2) is 30.3 Å². The maximum atomic E-state index is 12.5. The van der Waals surface area contributed by atoms with Crippen LogP contribution in [0.5, 0.6) is 5.75 Å². The molecule has 0 saturated carbocycles. The molecule has 0 aliphatic carbocycles. The maximum Gasteiger partial charge on any atom is 0.415 e. The molecule has 2 aromatic rings. The average Bonchev–Trinajstić information content (AvgIpc) is 3.14. The number of ether oxygens (including phenoxy) is 1. The van der Waals surface area contributed by atoms with E-state index >= 15 is 0 Å². The Balaban J connectivity index is 1.56. The van der Waals surface area contributed by atoms with E-state index in [9.17, 15) is 9.59 Å². The van der Waals surface area contributed by atoms with Crippen molar-refractivity contribution in [3.05, 3.63) is 39.8 Å². The van der Waals surface area contributed by atoms with Gasteiger partial charge >= 0.3 is 6.09 Å². The highest BCUT2D eigenvalue weighted by Crippen LogP contribution is 2.26. The monoisotopic (exact) mass is 436 g/mol. The first-order valence-corrected chi connectivity index (χ1v) is 10.9. The van der Waals surface area contributed by atoms with E-state index < -0.39 is 0 Å². The van der Waals surface area contributed by atoms with Crippen LogP contribution in [0.1, 0.15) is 42.9 Å². The molecule has 1 atom stereocenters. The fourth-order valence-corrected chi connectivity index (χ4v) is 4.27. The summed E-state index contributed by atoms with van der Waals surface area (Å²) in [5, 5.41) is 10.9. The lowest BCUT2D eigenvalue weighted by Crippen LogP contribution is -2.47. The Morgan fingerprint density at radius 1 is 1.24 bits per heavy atom. The molecule has 1 aliphatic rings. The number of amides is 2. The Bertz CT molecular complexity index is 822. The number of halogens is 1. The molecule has 1 N–H and O–H groups in total. The maximum absolute atomic E-state index is 12.5. The van der Waals surface area contributed by atoms with E-state index in [4.69, 9.17) is 16.3 Å².